The van der Waals surface area contributed by atoms with E-state index in [9.17, 15) is 5.11 Å². The maximum Gasteiger partial charge on any atom is 0.225 e. The first-order valence-corrected chi connectivity index (χ1v) is 7.43. The van der Waals surface area contributed by atoms with E-state index in [-0.39, 0.29) is 6.10 Å². The van der Waals surface area contributed by atoms with Gasteiger partial charge >= 0.3 is 0 Å². The summed E-state index contributed by atoms with van der Waals surface area (Å²) in [4.78, 5) is 10.8. The summed E-state index contributed by atoms with van der Waals surface area (Å²) in [5.41, 5.74) is 3.46. The smallest absolute Gasteiger partial charge is 0.225 e. The Balaban J connectivity index is 1.84. The Labute approximate surface area is 129 Å². The molecule has 5 heteroatoms. The zero-order valence-electron chi connectivity index (χ0n) is 12.5. The number of aryl methyl sites for hydroxylation is 1. The molecule has 1 saturated heterocycles. The summed E-state index contributed by atoms with van der Waals surface area (Å²) in [5.74, 6) is 0.648. The molecule has 1 atom stereocenters. The van der Waals surface area contributed by atoms with Crippen LogP contribution in [0.1, 0.15) is 24.0 Å². The lowest BCUT2D eigenvalue weighted by atomic mass is 10.0. The molecule has 5 nitrogen and oxygen atoms in total. The number of aliphatic hydroxyl groups is 1. The van der Waals surface area contributed by atoms with Crippen molar-refractivity contribution in [1.29, 1.82) is 5.26 Å². The highest BCUT2D eigenvalue weighted by Gasteiger charge is 2.19. The van der Waals surface area contributed by atoms with Crippen molar-refractivity contribution in [3.63, 3.8) is 0 Å². The second-order valence-corrected chi connectivity index (χ2v) is 5.66. The fourth-order valence-corrected chi connectivity index (χ4v) is 2.69. The van der Waals surface area contributed by atoms with Gasteiger partial charge < -0.3 is 10.0 Å². The second-order valence-electron chi connectivity index (χ2n) is 5.66. The van der Waals surface area contributed by atoms with Crippen LogP contribution in [0.25, 0.3) is 11.1 Å². The number of benzene rings is 1. The van der Waals surface area contributed by atoms with Crippen molar-refractivity contribution in [3.05, 3.63) is 41.7 Å². The molecule has 1 fully saturated rings. The second kappa shape index (κ2) is 6.12. The lowest BCUT2D eigenvalue weighted by Crippen LogP contribution is -2.39. The van der Waals surface area contributed by atoms with Crippen LogP contribution in [0.4, 0.5) is 5.95 Å². The van der Waals surface area contributed by atoms with Gasteiger partial charge in [-0.1, -0.05) is 12.1 Å². The van der Waals surface area contributed by atoms with E-state index in [1.165, 1.54) is 0 Å². The maximum atomic E-state index is 9.73. The molecule has 3 rings (SSSR count). The first-order chi connectivity index (χ1) is 10.7. The summed E-state index contributed by atoms with van der Waals surface area (Å²) in [5, 5.41) is 18.8. The lowest BCUT2D eigenvalue weighted by molar-refractivity contribution is 0.153. The van der Waals surface area contributed by atoms with Gasteiger partial charge in [-0.25, -0.2) is 9.97 Å². The Hall–Kier alpha value is -2.45. The quantitative estimate of drug-likeness (QED) is 0.920. The number of rotatable bonds is 2. The molecule has 1 aliphatic heterocycles. The van der Waals surface area contributed by atoms with Gasteiger partial charge in [0.25, 0.3) is 0 Å². The standard InChI is InChI=1S/C17H18N4O/c1-12-4-5-13(7-14(12)8-18)15-9-19-17(20-10-15)21-6-2-3-16(22)11-21/h4-5,7,9-10,16,22H,2-3,6,11H2,1H3. The number of aliphatic hydroxyl groups excluding tert-OH is 1. The predicted octanol–water partition coefficient (Wildman–Crippen LogP) is 2.28. The molecular weight excluding hydrogens is 276 g/mol. The molecule has 2 aromatic rings. The fourth-order valence-electron chi connectivity index (χ4n) is 2.69. The van der Waals surface area contributed by atoms with Crippen molar-refractivity contribution >= 4 is 5.95 Å². The van der Waals surface area contributed by atoms with Gasteiger partial charge in [0.2, 0.25) is 5.95 Å². The van der Waals surface area contributed by atoms with Crippen LogP contribution in [0.3, 0.4) is 0 Å². The highest BCUT2D eigenvalue weighted by atomic mass is 16.3. The molecule has 2 heterocycles. The molecule has 0 radical (unpaired) electrons. The lowest BCUT2D eigenvalue weighted by Gasteiger charge is -2.29. The van der Waals surface area contributed by atoms with Gasteiger partial charge in [0, 0.05) is 31.0 Å². The normalized spacial score (nSPS) is 18.0. The largest absolute Gasteiger partial charge is 0.391 e. The number of nitriles is 1. The molecular formula is C17H18N4O. The summed E-state index contributed by atoms with van der Waals surface area (Å²) in [6.07, 6.45) is 5.04. The van der Waals surface area contributed by atoms with Crippen LogP contribution < -0.4 is 4.90 Å². The Kier molecular flexibility index (Phi) is 4.03. The number of piperidine rings is 1. The number of nitrogens with zero attached hydrogens (tertiary/aromatic N) is 4. The van der Waals surface area contributed by atoms with Gasteiger partial charge in [0.1, 0.15) is 0 Å². The molecule has 112 valence electrons. The van der Waals surface area contributed by atoms with E-state index in [1.807, 2.05) is 30.0 Å². The van der Waals surface area contributed by atoms with E-state index >= 15 is 0 Å². The Bertz CT molecular complexity index is 706. The van der Waals surface area contributed by atoms with E-state index in [0.717, 1.165) is 36.1 Å². The summed E-state index contributed by atoms with van der Waals surface area (Å²) >= 11 is 0. The van der Waals surface area contributed by atoms with E-state index in [0.29, 0.717) is 18.1 Å². The zero-order valence-corrected chi connectivity index (χ0v) is 12.5. The number of hydrogen-bond acceptors (Lipinski definition) is 5. The van der Waals surface area contributed by atoms with Gasteiger partial charge in [-0.05, 0) is 37.0 Å². The van der Waals surface area contributed by atoms with Crippen molar-refractivity contribution in [3.8, 4) is 17.2 Å². The van der Waals surface area contributed by atoms with Crippen molar-refractivity contribution < 1.29 is 5.11 Å². The molecule has 0 saturated carbocycles. The molecule has 0 bridgehead atoms. The van der Waals surface area contributed by atoms with Gasteiger partial charge in [-0.2, -0.15) is 5.26 Å². The van der Waals surface area contributed by atoms with Crippen LogP contribution >= 0.6 is 0 Å². The molecule has 1 aromatic carbocycles. The molecule has 1 unspecified atom stereocenters. The monoisotopic (exact) mass is 294 g/mol. The van der Waals surface area contributed by atoms with Crippen molar-refractivity contribution in [2.24, 2.45) is 0 Å². The third-order valence-corrected chi connectivity index (χ3v) is 4.01. The molecule has 1 aliphatic rings. The van der Waals surface area contributed by atoms with E-state index in [4.69, 9.17) is 5.26 Å². The molecule has 0 spiro atoms. The van der Waals surface area contributed by atoms with Crippen LogP contribution in [0, 0.1) is 18.3 Å². The Morgan fingerprint density at radius 1 is 1.27 bits per heavy atom. The number of β-amino-alcohol motifs (C(OH)–C–C–N with tert-alkyl or cyclic N) is 1. The molecule has 1 N–H and O–H groups in total. The average molecular weight is 294 g/mol. The molecule has 0 aliphatic carbocycles. The first kappa shape index (κ1) is 14.5. The Morgan fingerprint density at radius 3 is 2.73 bits per heavy atom. The van der Waals surface area contributed by atoms with Crippen molar-refractivity contribution in [1.82, 2.24) is 9.97 Å². The van der Waals surface area contributed by atoms with Gasteiger partial charge in [-0.3, -0.25) is 0 Å². The first-order valence-electron chi connectivity index (χ1n) is 7.43. The summed E-state index contributed by atoms with van der Waals surface area (Å²) < 4.78 is 0. The molecule has 1 aromatic heterocycles. The van der Waals surface area contributed by atoms with Crippen LogP contribution in [-0.2, 0) is 0 Å². The highest BCUT2D eigenvalue weighted by molar-refractivity contribution is 5.65. The van der Waals surface area contributed by atoms with Crippen LogP contribution in [-0.4, -0.2) is 34.3 Å². The molecule has 0 amide bonds. The fraction of sp³-hybridized carbons (Fsp3) is 0.353. The van der Waals surface area contributed by atoms with Crippen LogP contribution in [0.15, 0.2) is 30.6 Å². The SMILES string of the molecule is Cc1ccc(-c2cnc(N3CCCC(O)C3)nc2)cc1C#N. The van der Waals surface area contributed by atoms with Crippen molar-refractivity contribution in [2.45, 2.75) is 25.9 Å². The predicted molar refractivity (Wildman–Crippen MR) is 84.4 cm³/mol. The highest BCUT2D eigenvalue weighted by Crippen LogP contribution is 2.23. The van der Waals surface area contributed by atoms with Crippen LogP contribution in [0.5, 0.6) is 0 Å². The minimum absolute atomic E-state index is 0.299. The third-order valence-electron chi connectivity index (χ3n) is 4.01. The van der Waals surface area contributed by atoms with Gasteiger partial charge in [-0.15, -0.1) is 0 Å². The van der Waals surface area contributed by atoms with Crippen LogP contribution in [0.2, 0.25) is 0 Å². The zero-order chi connectivity index (χ0) is 15.5. The minimum Gasteiger partial charge on any atom is -0.391 e. The third kappa shape index (κ3) is 2.92. The van der Waals surface area contributed by atoms with E-state index in [2.05, 4.69) is 16.0 Å². The average Bonchev–Trinajstić information content (AvgIpc) is 2.55. The van der Waals surface area contributed by atoms with Gasteiger partial charge in [0.15, 0.2) is 0 Å². The van der Waals surface area contributed by atoms with E-state index < -0.39 is 0 Å². The summed E-state index contributed by atoms with van der Waals surface area (Å²) in [6.45, 7) is 3.38. The molecule has 22 heavy (non-hydrogen) atoms. The van der Waals surface area contributed by atoms with Crippen molar-refractivity contribution in [2.75, 3.05) is 18.0 Å². The summed E-state index contributed by atoms with van der Waals surface area (Å²) in [6, 6.07) is 7.96. The Morgan fingerprint density at radius 2 is 2.05 bits per heavy atom. The summed E-state index contributed by atoms with van der Waals surface area (Å²) in [7, 11) is 0. The minimum atomic E-state index is -0.299. The van der Waals surface area contributed by atoms with E-state index in [1.54, 1.807) is 12.4 Å². The topological polar surface area (TPSA) is 73.0 Å². The number of anilines is 1. The van der Waals surface area contributed by atoms with Gasteiger partial charge in [0.05, 0.1) is 17.7 Å². The number of aromatic nitrogens is 2. The maximum absolute atomic E-state index is 9.73. The number of hydrogen-bond donors (Lipinski definition) is 1.